The first kappa shape index (κ1) is 13.7. The average molecular weight is 258 g/mol. The van der Waals surface area contributed by atoms with Gasteiger partial charge in [0, 0.05) is 18.8 Å². The molecule has 1 N–H and O–H groups in total. The third-order valence-corrected chi connectivity index (χ3v) is 3.24. The molecule has 4 nitrogen and oxygen atoms in total. The van der Waals surface area contributed by atoms with E-state index in [9.17, 15) is 0 Å². The second-order valence-electron chi connectivity index (χ2n) is 4.90. The predicted molar refractivity (Wildman–Crippen MR) is 76.9 cm³/mol. The Bertz CT molecular complexity index is 438. The van der Waals surface area contributed by atoms with Crippen molar-refractivity contribution in [2.75, 3.05) is 6.54 Å². The van der Waals surface area contributed by atoms with E-state index in [1.165, 1.54) is 12.0 Å². The van der Waals surface area contributed by atoms with Gasteiger partial charge in [-0.2, -0.15) is 0 Å². The lowest BCUT2D eigenvalue weighted by Gasteiger charge is -2.13. The first-order chi connectivity index (χ1) is 9.34. The van der Waals surface area contributed by atoms with Crippen LogP contribution >= 0.6 is 0 Å². The van der Waals surface area contributed by atoms with Gasteiger partial charge >= 0.3 is 0 Å². The molecule has 0 aliphatic heterocycles. The molecule has 2 aromatic rings. The van der Waals surface area contributed by atoms with Crippen LogP contribution in [0.4, 0.5) is 0 Å². The Kier molecular flexibility index (Phi) is 5.56. The molecule has 1 aromatic carbocycles. The lowest BCUT2D eigenvalue weighted by Crippen LogP contribution is -2.28. The third-order valence-electron chi connectivity index (χ3n) is 3.24. The Morgan fingerprint density at radius 2 is 2.11 bits per heavy atom. The van der Waals surface area contributed by atoms with Gasteiger partial charge in [-0.15, -0.1) is 5.10 Å². The van der Waals surface area contributed by atoms with Gasteiger partial charge in [0.2, 0.25) is 0 Å². The smallest absolute Gasteiger partial charge is 0.0692 e. The molecule has 0 saturated heterocycles. The minimum Gasteiger partial charge on any atom is -0.314 e. The van der Waals surface area contributed by atoms with Crippen molar-refractivity contribution in [2.45, 2.75) is 38.8 Å². The van der Waals surface area contributed by atoms with Gasteiger partial charge in [0.1, 0.15) is 0 Å². The molecule has 0 fully saturated rings. The van der Waals surface area contributed by atoms with E-state index in [0.29, 0.717) is 6.04 Å². The van der Waals surface area contributed by atoms with Crippen LogP contribution < -0.4 is 5.32 Å². The zero-order chi connectivity index (χ0) is 13.3. The van der Waals surface area contributed by atoms with Crippen molar-refractivity contribution in [2.24, 2.45) is 0 Å². The van der Waals surface area contributed by atoms with Crippen LogP contribution in [0.25, 0.3) is 0 Å². The van der Waals surface area contributed by atoms with E-state index in [2.05, 4.69) is 52.9 Å². The van der Waals surface area contributed by atoms with Gasteiger partial charge < -0.3 is 5.32 Å². The molecule has 0 aliphatic rings. The maximum atomic E-state index is 3.95. The molecule has 0 saturated carbocycles. The summed E-state index contributed by atoms with van der Waals surface area (Å²) in [5, 5.41) is 11.3. The number of aryl methyl sites for hydroxylation is 2. The minimum atomic E-state index is 0.552. The van der Waals surface area contributed by atoms with Crippen LogP contribution in [-0.2, 0) is 13.0 Å². The Morgan fingerprint density at radius 1 is 1.26 bits per heavy atom. The fraction of sp³-hybridized carbons (Fsp3) is 0.467. The molecule has 1 heterocycles. The summed E-state index contributed by atoms with van der Waals surface area (Å²) in [5.41, 5.74) is 1.42. The summed E-state index contributed by atoms with van der Waals surface area (Å²) in [7, 11) is 0. The maximum Gasteiger partial charge on any atom is 0.0692 e. The van der Waals surface area contributed by atoms with E-state index in [-0.39, 0.29) is 0 Å². The van der Waals surface area contributed by atoms with Crippen molar-refractivity contribution in [1.29, 1.82) is 0 Å². The number of aromatic nitrogens is 3. The molecule has 0 amide bonds. The molecular weight excluding hydrogens is 236 g/mol. The SMILES string of the molecule is CC(CCc1ccccc1)NCCCn1ccnn1. The van der Waals surface area contributed by atoms with Gasteiger partial charge in [0.15, 0.2) is 0 Å². The van der Waals surface area contributed by atoms with Crippen molar-refractivity contribution in [3.63, 3.8) is 0 Å². The Morgan fingerprint density at radius 3 is 2.84 bits per heavy atom. The second-order valence-corrected chi connectivity index (χ2v) is 4.90. The summed E-state index contributed by atoms with van der Waals surface area (Å²) in [6.07, 6.45) is 7.01. The summed E-state index contributed by atoms with van der Waals surface area (Å²) in [6.45, 7) is 4.20. The van der Waals surface area contributed by atoms with Crippen molar-refractivity contribution >= 4 is 0 Å². The standard InChI is InChI=1S/C15H22N4/c1-14(8-9-15-6-3-2-4-7-15)16-10-5-12-19-13-11-17-18-19/h2-4,6-7,11,13-14,16H,5,8-10,12H2,1H3. The van der Waals surface area contributed by atoms with Crippen LogP contribution in [0.2, 0.25) is 0 Å². The zero-order valence-corrected chi connectivity index (χ0v) is 11.5. The van der Waals surface area contributed by atoms with E-state index in [4.69, 9.17) is 0 Å². The van der Waals surface area contributed by atoms with Crippen molar-refractivity contribution in [3.05, 3.63) is 48.3 Å². The van der Waals surface area contributed by atoms with Crippen LogP contribution in [0, 0.1) is 0 Å². The molecule has 0 spiro atoms. The quantitative estimate of drug-likeness (QED) is 0.739. The number of rotatable bonds is 8. The van der Waals surface area contributed by atoms with E-state index >= 15 is 0 Å². The molecule has 1 atom stereocenters. The highest BCUT2D eigenvalue weighted by atomic mass is 15.4. The summed E-state index contributed by atoms with van der Waals surface area (Å²) in [4.78, 5) is 0. The number of hydrogen-bond donors (Lipinski definition) is 1. The molecule has 0 bridgehead atoms. The van der Waals surface area contributed by atoms with Gasteiger partial charge in [0.25, 0.3) is 0 Å². The Hall–Kier alpha value is -1.68. The summed E-state index contributed by atoms with van der Waals surface area (Å²) in [6, 6.07) is 11.2. The highest BCUT2D eigenvalue weighted by Crippen LogP contribution is 2.04. The normalized spacial score (nSPS) is 12.5. The number of benzene rings is 1. The average Bonchev–Trinajstić information content (AvgIpc) is 2.96. The minimum absolute atomic E-state index is 0.552. The van der Waals surface area contributed by atoms with Crippen LogP contribution in [0.5, 0.6) is 0 Å². The largest absolute Gasteiger partial charge is 0.314 e. The van der Waals surface area contributed by atoms with Gasteiger partial charge in [-0.05, 0) is 38.3 Å². The summed E-state index contributed by atoms with van der Waals surface area (Å²) >= 11 is 0. The molecule has 1 aromatic heterocycles. The number of nitrogens with zero attached hydrogens (tertiary/aromatic N) is 3. The van der Waals surface area contributed by atoms with E-state index < -0.39 is 0 Å². The predicted octanol–water partition coefficient (Wildman–Crippen LogP) is 2.28. The fourth-order valence-electron chi connectivity index (χ4n) is 2.07. The zero-order valence-electron chi connectivity index (χ0n) is 11.5. The van der Waals surface area contributed by atoms with Crippen molar-refractivity contribution in [3.8, 4) is 0 Å². The molecule has 0 aliphatic carbocycles. The van der Waals surface area contributed by atoms with Crippen LogP contribution in [0.1, 0.15) is 25.3 Å². The van der Waals surface area contributed by atoms with Gasteiger partial charge in [-0.1, -0.05) is 35.5 Å². The lowest BCUT2D eigenvalue weighted by atomic mass is 10.1. The van der Waals surface area contributed by atoms with Crippen molar-refractivity contribution in [1.82, 2.24) is 20.3 Å². The first-order valence-corrected chi connectivity index (χ1v) is 6.96. The monoisotopic (exact) mass is 258 g/mol. The molecule has 4 heteroatoms. The highest BCUT2D eigenvalue weighted by molar-refractivity contribution is 5.14. The first-order valence-electron chi connectivity index (χ1n) is 6.96. The van der Waals surface area contributed by atoms with Gasteiger partial charge in [0.05, 0.1) is 6.20 Å². The molecule has 102 valence electrons. The molecule has 2 rings (SSSR count). The third kappa shape index (κ3) is 5.22. The van der Waals surface area contributed by atoms with Crippen LogP contribution in [0.15, 0.2) is 42.7 Å². The Balaban J connectivity index is 1.56. The molecular formula is C15H22N4. The molecule has 1 unspecified atom stereocenters. The van der Waals surface area contributed by atoms with Gasteiger partial charge in [-0.25, -0.2) is 0 Å². The van der Waals surface area contributed by atoms with Crippen LogP contribution in [-0.4, -0.2) is 27.6 Å². The second kappa shape index (κ2) is 7.69. The van der Waals surface area contributed by atoms with Crippen molar-refractivity contribution < 1.29 is 0 Å². The van der Waals surface area contributed by atoms with Crippen LogP contribution in [0.3, 0.4) is 0 Å². The summed E-state index contributed by atoms with van der Waals surface area (Å²) in [5.74, 6) is 0. The fourth-order valence-corrected chi connectivity index (χ4v) is 2.07. The van der Waals surface area contributed by atoms with E-state index in [0.717, 1.165) is 25.9 Å². The Labute approximate surface area is 114 Å². The molecule has 19 heavy (non-hydrogen) atoms. The highest BCUT2D eigenvalue weighted by Gasteiger charge is 2.01. The number of nitrogens with one attached hydrogen (secondary N) is 1. The molecule has 0 radical (unpaired) electrons. The number of hydrogen-bond acceptors (Lipinski definition) is 3. The topological polar surface area (TPSA) is 42.7 Å². The van der Waals surface area contributed by atoms with E-state index in [1.807, 2.05) is 10.9 Å². The summed E-state index contributed by atoms with van der Waals surface area (Å²) < 4.78 is 1.87. The maximum absolute atomic E-state index is 3.95. The van der Waals surface area contributed by atoms with E-state index in [1.54, 1.807) is 6.20 Å². The lowest BCUT2D eigenvalue weighted by molar-refractivity contribution is 0.474. The van der Waals surface area contributed by atoms with Gasteiger partial charge in [-0.3, -0.25) is 4.68 Å².